The van der Waals surface area contributed by atoms with E-state index in [9.17, 15) is 9.59 Å². The van der Waals surface area contributed by atoms with Gasteiger partial charge in [-0.15, -0.1) is 0 Å². The first kappa shape index (κ1) is 18.9. The summed E-state index contributed by atoms with van der Waals surface area (Å²) in [5, 5.41) is 3.35. The lowest BCUT2D eigenvalue weighted by atomic mass is 10.1. The minimum absolute atomic E-state index is 0.0560. The van der Waals surface area contributed by atoms with Crippen LogP contribution in [0.15, 0.2) is 65.7 Å². The standard InChI is InChI=1S/C22H23N5O2/c1-26-20(28)14-19(17-7-10-23-11-8-17)25-22(26)24-18-9-12-27(15-18)21(29)13-16-5-3-2-4-6-16/h2-8,10-11,14,18H,9,12-13,15H2,1H3,(H,24,25). The van der Waals surface area contributed by atoms with Crippen molar-refractivity contribution >= 4 is 11.9 Å². The summed E-state index contributed by atoms with van der Waals surface area (Å²) < 4.78 is 1.50. The van der Waals surface area contributed by atoms with Gasteiger partial charge >= 0.3 is 0 Å². The second-order valence-electron chi connectivity index (χ2n) is 7.23. The van der Waals surface area contributed by atoms with E-state index in [0.29, 0.717) is 31.2 Å². The Morgan fingerprint density at radius 1 is 1.17 bits per heavy atom. The van der Waals surface area contributed by atoms with E-state index >= 15 is 0 Å². The van der Waals surface area contributed by atoms with Crippen molar-refractivity contribution in [3.05, 3.63) is 76.8 Å². The first-order chi connectivity index (χ1) is 14.1. The van der Waals surface area contributed by atoms with Gasteiger partial charge in [-0.3, -0.25) is 19.1 Å². The third kappa shape index (κ3) is 4.34. The number of benzene rings is 1. The Labute approximate surface area is 169 Å². The van der Waals surface area contributed by atoms with Crippen LogP contribution in [0.3, 0.4) is 0 Å². The molecule has 1 aliphatic heterocycles. The molecule has 0 radical (unpaired) electrons. The van der Waals surface area contributed by atoms with Crippen LogP contribution in [0.2, 0.25) is 0 Å². The molecular formula is C22H23N5O2. The molecule has 2 aromatic heterocycles. The molecular weight excluding hydrogens is 366 g/mol. The Hall–Kier alpha value is -3.48. The molecule has 1 unspecified atom stereocenters. The van der Waals surface area contributed by atoms with Crippen molar-refractivity contribution in [3.8, 4) is 11.3 Å². The fourth-order valence-corrected chi connectivity index (χ4v) is 3.51. The van der Waals surface area contributed by atoms with Gasteiger partial charge in [0, 0.05) is 50.2 Å². The van der Waals surface area contributed by atoms with Crippen LogP contribution in [0.1, 0.15) is 12.0 Å². The summed E-state index contributed by atoms with van der Waals surface area (Å²) in [4.78, 5) is 35.5. The molecule has 1 saturated heterocycles. The number of anilines is 1. The summed E-state index contributed by atoms with van der Waals surface area (Å²) in [6.45, 7) is 1.29. The highest BCUT2D eigenvalue weighted by Crippen LogP contribution is 2.19. The maximum atomic E-state index is 12.6. The van der Waals surface area contributed by atoms with E-state index < -0.39 is 0 Å². The monoisotopic (exact) mass is 389 g/mol. The minimum atomic E-state index is -0.135. The lowest BCUT2D eigenvalue weighted by Crippen LogP contribution is -2.34. The zero-order valence-electron chi connectivity index (χ0n) is 16.3. The largest absolute Gasteiger partial charge is 0.351 e. The molecule has 1 N–H and O–H groups in total. The predicted molar refractivity (Wildman–Crippen MR) is 111 cm³/mol. The molecule has 7 nitrogen and oxygen atoms in total. The first-order valence-electron chi connectivity index (χ1n) is 9.67. The average Bonchev–Trinajstić information content (AvgIpc) is 3.21. The second-order valence-corrected chi connectivity index (χ2v) is 7.23. The molecule has 1 fully saturated rings. The number of amides is 1. The summed E-state index contributed by atoms with van der Waals surface area (Å²) in [6.07, 6.45) is 4.57. The third-order valence-electron chi connectivity index (χ3n) is 5.18. The number of carbonyl (C=O) groups excluding carboxylic acids is 1. The molecule has 0 saturated carbocycles. The lowest BCUT2D eigenvalue weighted by Gasteiger charge is -2.19. The summed E-state index contributed by atoms with van der Waals surface area (Å²) in [5.74, 6) is 0.625. The van der Waals surface area contributed by atoms with Crippen molar-refractivity contribution in [2.45, 2.75) is 18.9 Å². The number of hydrogen-bond acceptors (Lipinski definition) is 5. The van der Waals surface area contributed by atoms with Crippen molar-refractivity contribution in [1.82, 2.24) is 19.4 Å². The van der Waals surface area contributed by atoms with Crippen LogP contribution in [0, 0.1) is 0 Å². The number of hydrogen-bond donors (Lipinski definition) is 1. The highest BCUT2D eigenvalue weighted by atomic mass is 16.2. The van der Waals surface area contributed by atoms with Crippen LogP contribution < -0.4 is 10.9 Å². The smallest absolute Gasteiger partial charge is 0.255 e. The van der Waals surface area contributed by atoms with E-state index in [2.05, 4.69) is 15.3 Å². The maximum absolute atomic E-state index is 12.6. The Kier molecular flexibility index (Phi) is 5.37. The van der Waals surface area contributed by atoms with Gasteiger partial charge in [0.1, 0.15) is 0 Å². The summed E-state index contributed by atoms with van der Waals surface area (Å²) in [7, 11) is 1.70. The van der Waals surface area contributed by atoms with Crippen LogP contribution in [-0.2, 0) is 18.3 Å². The second kappa shape index (κ2) is 8.26. The van der Waals surface area contributed by atoms with Crippen molar-refractivity contribution < 1.29 is 4.79 Å². The van der Waals surface area contributed by atoms with Crippen LogP contribution in [-0.4, -0.2) is 44.5 Å². The van der Waals surface area contributed by atoms with E-state index in [-0.39, 0.29) is 17.5 Å². The molecule has 1 amide bonds. The van der Waals surface area contributed by atoms with E-state index in [1.165, 1.54) is 10.6 Å². The van der Waals surface area contributed by atoms with Gasteiger partial charge in [-0.25, -0.2) is 4.98 Å². The Bertz CT molecular complexity index is 1050. The molecule has 0 spiro atoms. The van der Waals surface area contributed by atoms with Crippen molar-refractivity contribution in [3.63, 3.8) is 0 Å². The van der Waals surface area contributed by atoms with Gasteiger partial charge in [0.25, 0.3) is 5.56 Å². The molecule has 7 heteroatoms. The van der Waals surface area contributed by atoms with E-state index in [0.717, 1.165) is 17.5 Å². The van der Waals surface area contributed by atoms with Gasteiger partial charge in [-0.05, 0) is 24.1 Å². The normalized spacial score (nSPS) is 16.0. The SMILES string of the molecule is Cn1c(NC2CCN(C(=O)Cc3ccccc3)C2)nc(-c2ccncc2)cc1=O. The fraction of sp³-hybridized carbons (Fsp3) is 0.273. The fourth-order valence-electron chi connectivity index (χ4n) is 3.51. The van der Waals surface area contributed by atoms with Crippen molar-refractivity contribution in [2.24, 2.45) is 7.05 Å². The molecule has 1 aliphatic rings. The number of carbonyl (C=O) groups is 1. The molecule has 4 rings (SSSR count). The van der Waals surface area contributed by atoms with E-state index in [4.69, 9.17) is 0 Å². The molecule has 3 aromatic rings. The molecule has 148 valence electrons. The number of rotatable bonds is 5. The molecule has 29 heavy (non-hydrogen) atoms. The molecule has 0 aliphatic carbocycles. The van der Waals surface area contributed by atoms with Gasteiger partial charge < -0.3 is 10.2 Å². The highest BCUT2D eigenvalue weighted by Gasteiger charge is 2.27. The van der Waals surface area contributed by atoms with Crippen molar-refractivity contribution in [1.29, 1.82) is 0 Å². The predicted octanol–water partition coefficient (Wildman–Crippen LogP) is 2.10. The van der Waals surface area contributed by atoms with Gasteiger partial charge in [0.2, 0.25) is 11.9 Å². The van der Waals surface area contributed by atoms with E-state index in [1.807, 2.05) is 47.4 Å². The zero-order chi connectivity index (χ0) is 20.2. The minimum Gasteiger partial charge on any atom is -0.351 e. The highest BCUT2D eigenvalue weighted by molar-refractivity contribution is 5.79. The molecule has 1 atom stereocenters. The van der Waals surface area contributed by atoms with Crippen molar-refractivity contribution in [2.75, 3.05) is 18.4 Å². The average molecular weight is 389 g/mol. The molecule has 3 heterocycles. The Morgan fingerprint density at radius 2 is 1.93 bits per heavy atom. The van der Waals surface area contributed by atoms with Gasteiger partial charge in [-0.1, -0.05) is 30.3 Å². The summed E-state index contributed by atoms with van der Waals surface area (Å²) >= 11 is 0. The van der Waals surface area contributed by atoms with Gasteiger partial charge in [-0.2, -0.15) is 0 Å². The Morgan fingerprint density at radius 3 is 2.69 bits per heavy atom. The maximum Gasteiger partial charge on any atom is 0.255 e. The van der Waals surface area contributed by atoms with Gasteiger partial charge in [0.05, 0.1) is 12.1 Å². The summed E-state index contributed by atoms with van der Waals surface area (Å²) in [5.41, 5.74) is 2.33. The summed E-state index contributed by atoms with van der Waals surface area (Å²) in [6, 6.07) is 15.0. The van der Waals surface area contributed by atoms with Crippen LogP contribution in [0.4, 0.5) is 5.95 Å². The quantitative estimate of drug-likeness (QED) is 0.723. The van der Waals surface area contributed by atoms with E-state index in [1.54, 1.807) is 19.4 Å². The number of nitrogens with one attached hydrogen (secondary N) is 1. The van der Waals surface area contributed by atoms with Crippen LogP contribution in [0.25, 0.3) is 11.3 Å². The molecule has 0 bridgehead atoms. The van der Waals surface area contributed by atoms with Crippen LogP contribution >= 0.6 is 0 Å². The topological polar surface area (TPSA) is 80.1 Å². The number of aromatic nitrogens is 3. The zero-order valence-corrected chi connectivity index (χ0v) is 16.3. The third-order valence-corrected chi connectivity index (χ3v) is 5.18. The lowest BCUT2D eigenvalue weighted by molar-refractivity contribution is -0.129. The first-order valence-corrected chi connectivity index (χ1v) is 9.67. The number of nitrogens with zero attached hydrogens (tertiary/aromatic N) is 4. The number of pyridine rings is 1. The molecule has 1 aromatic carbocycles. The Balaban J connectivity index is 1.45. The van der Waals surface area contributed by atoms with Gasteiger partial charge in [0.15, 0.2) is 0 Å². The number of likely N-dealkylation sites (tertiary alicyclic amines) is 1. The van der Waals surface area contributed by atoms with Crippen LogP contribution in [0.5, 0.6) is 0 Å².